The second-order valence-electron chi connectivity index (χ2n) is 5.63. The molecule has 23 heavy (non-hydrogen) atoms. The Morgan fingerprint density at radius 2 is 1.83 bits per heavy atom. The molecular formula is C14H20ClF3N2O2S. The zero-order valence-corrected chi connectivity index (χ0v) is 14.2. The third-order valence-corrected chi connectivity index (χ3v) is 5.94. The van der Waals surface area contributed by atoms with Crippen LogP contribution in [0.4, 0.5) is 13.2 Å². The molecule has 0 aliphatic carbocycles. The minimum atomic E-state index is -4.56. The van der Waals surface area contributed by atoms with Crippen molar-refractivity contribution in [2.75, 3.05) is 13.1 Å². The zero-order chi connectivity index (χ0) is 16.5. The Morgan fingerprint density at radius 3 is 2.30 bits per heavy atom. The zero-order valence-electron chi connectivity index (χ0n) is 12.6. The molecule has 0 bridgehead atoms. The van der Waals surface area contributed by atoms with E-state index in [4.69, 9.17) is 5.73 Å². The van der Waals surface area contributed by atoms with E-state index in [-0.39, 0.29) is 42.4 Å². The van der Waals surface area contributed by atoms with Crippen LogP contribution < -0.4 is 5.73 Å². The van der Waals surface area contributed by atoms with E-state index in [9.17, 15) is 21.6 Å². The van der Waals surface area contributed by atoms with Gasteiger partial charge in [0.1, 0.15) is 0 Å². The summed E-state index contributed by atoms with van der Waals surface area (Å²) in [6.45, 7) is 2.44. The molecule has 1 atom stereocenters. The van der Waals surface area contributed by atoms with E-state index < -0.39 is 21.8 Å². The van der Waals surface area contributed by atoms with Crippen molar-refractivity contribution in [3.05, 3.63) is 29.8 Å². The van der Waals surface area contributed by atoms with E-state index in [0.717, 1.165) is 12.1 Å². The Morgan fingerprint density at radius 1 is 1.26 bits per heavy atom. The van der Waals surface area contributed by atoms with E-state index in [0.29, 0.717) is 18.9 Å². The summed E-state index contributed by atoms with van der Waals surface area (Å²) in [6, 6.07) is 3.85. The van der Waals surface area contributed by atoms with Gasteiger partial charge in [0, 0.05) is 19.1 Å². The molecule has 0 saturated carbocycles. The van der Waals surface area contributed by atoms with Crippen LogP contribution in [0.2, 0.25) is 0 Å². The number of hydrogen-bond acceptors (Lipinski definition) is 3. The number of halogens is 4. The van der Waals surface area contributed by atoms with Crippen LogP contribution in [0.25, 0.3) is 0 Å². The number of piperidine rings is 1. The highest BCUT2D eigenvalue weighted by Gasteiger charge is 2.34. The molecule has 1 heterocycles. The van der Waals surface area contributed by atoms with Gasteiger partial charge in [0.15, 0.2) is 0 Å². The first-order chi connectivity index (χ1) is 10.1. The monoisotopic (exact) mass is 372 g/mol. The molecule has 9 heteroatoms. The topological polar surface area (TPSA) is 63.4 Å². The number of benzene rings is 1. The van der Waals surface area contributed by atoms with Crippen LogP contribution in [0.1, 0.15) is 25.3 Å². The summed E-state index contributed by atoms with van der Waals surface area (Å²) in [6.07, 6.45) is -3.32. The molecule has 1 aliphatic rings. The summed E-state index contributed by atoms with van der Waals surface area (Å²) in [5.41, 5.74) is 4.85. The van der Waals surface area contributed by atoms with E-state index in [1.165, 1.54) is 10.4 Å². The summed E-state index contributed by atoms with van der Waals surface area (Å²) in [5, 5.41) is 0. The number of rotatable bonds is 3. The van der Waals surface area contributed by atoms with Crippen LogP contribution in [0.5, 0.6) is 0 Å². The van der Waals surface area contributed by atoms with Gasteiger partial charge in [-0.2, -0.15) is 17.5 Å². The van der Waals surface area contributed by atoms with Gasteiger partial charge in [-0.05, 0) is 43.9 Å². The van der Waals surface area contributed by atoms with Gasteiger partial charge >= 0.3 is 6.18 Å². The van der Waals surface area contributed by atoms with Crippen molar-refractivity contribution in [2.24, 2.45) is 11.7 Å². The quantitative estimate of drug-likeness (QED) is 0.887. The van der Waals surface area contributed by atoms with Crippen LogP contribution in [-0.2, 0) is 16.2 Å². The molecule has 1 aromatic carbocycles. The molecule has 132 valence electrons. The van der Waals surface area contributed by atoms with Crippen LogP contribution >= 0.6 is 12.4 Å². The average molecular weight is 373 g/mol. The summed E-state index contributed by atoms with van der Waals surface area (Å²) >= 11 is 0. The molecule has 4 nitrogen and oxygen atoms in total. The highest BCUT2D eigenvalue weighted by molar-refractivity contribution is 7.89. The molecule has 0 aromatic heterocycles. The Bertz CT molecular complexity index is 627. The lowest BCUT2D eigenvalue weighted by Crippen LogP contribution is -2.42. The number of nitrogens with zero attached hydrogens (tertiary/aromatic N) is 1. The standard InChI is InChI=1S/C14H19F3N2O2S.ClH/c1-10(18)11-5-7-19(8-6-11)22(20,21)13-4-2-3-12(9-13)14(15,16)17;/h2-4,9-11H,5-8,18H2,1H3;1H. The third kappa shape index (κ3) is 4.59. The number of hydrogen-bond donors (Lipinski definition) is 1. The SMILES string of the molecule is CC(N)C1CCN(S(=O)(=O)c2cccc(C(F)(F)F)c2)CC1.Cl. The van der Waals surface area contributed by atoms with E-state index in [1.54, 1.807) is 0 Å². The Balaban J connectivity index is 0.00000264. The summed E-state index contributed by atoms with van der Waals surface area (Å²) in [4.78, 5) is -0.318. The van der Waals surface area contributed by atoms with Crippen LogP contribution in [0.15, 0.2) is 29.2 Å². The van der Waals surface area contributed by atoms with Gasteiger partial charge in [0.2, 0.25) is 10.0 Å². The number of nitrogens with two attached hydrogens (primary N) is 1. The van der Waals surface area contributed by atoms with Crippen molar-refractivity contribution in [3.8, 4) is 0 Å². The fraction of sp³-hybridized carbons (Fsp3) is 0.571. The van der Waals surface area contributed by atoms with Crippen LogP contribution in [0.3, 0.4) is 0 Å². The van der Waals surface area contributed by atoms with Gasteiger partial charge in [-0.3, -0.25) is 0 Å². The molecular weight excluding hydrogens is 353 g/mol. The Labute approximate surface area is 140 Å². The van der Waals surface area contributed by atoms with Crippen molar-refractivity contribution in [1.82, 2.24) is 4.31 Å². The molecule has 0 amide bonds. The lowest BCUT2D eigenvalue weighted by molar-refractivity contribution is -0.137. The lowest BCUT2D eigenvalue weighted by atomic mass is 9.92. The van der Waals surface area contributed by atoms with Gasteiger partial charge in [-0.1, -0.05) is 6.07 Å². The normalized spacial score (nSPS) is 19.2. The molecule has 1 fully saturated rings. The van der Waals surface area contributed by atoms with Crippen LogP contribution in [0, 0.1) is 5.92 Å². The maximum absolute atomic E-state index is 12.7. The number of sulfonamides is 1. The van der Waals surface area contributed by atoms with E-state index in [2.05, 4.69) is 0 Å². The molecule has 0 spiro atoms. The van der Waals surface area contributed by atoms with Crippen molar-refractivity contribution < 1.29 is 21.6 Å². The fourth-order valence-corrected chi connectivity index (χ4v) is 4.14. The third-order valence-electron chi connectivity index (χ3n) is 4.04. The predicted octanol–water partition coefficient (Wildman–Crippen LogP) is 2.88. The lowest BCUT2D eigenvalue weighted by Gasteiger charge is -2.33. The smallest absolute Gasteiger partial charge is 0.328 e. The second kappa shape index (κ2) is 7.38. The van der Waals surface area contributed by atoms with Crippen LogP contribution in [-0.4, -0.2) is 31.9 Å². The molecule has 1 unspecified atom stereocenters. The van der Waals surface area contributed by atoms with Gasteiger partial charge < -0.3 is 5.73 Å². The van der Waals surface area contributed by atoms with E-state index >= 15 is 0 Å². The fourth-order valence-electron chi connectivity index (χ4n) is 2.62. The summed E-state index contributed by atoms with van der Waals surface area (Å²) in [5.74, 6) is 0.243. The molecule has 1 saturated heterocycles. The van der Waals surface area contributed by atoms with Crippen molar-refractivity contribution in [3.63, 3.8) is 0 Å². The van der Waals surface area contributed by atoms with Gasteiger partial charge in [-0.15, -0.1) is 12.4 Å². The van der Waals surface area contributed by atoms with Gasteiger partial charge in [0.25, 0.3) is 0 Å². The molecule has 2 rings (SSSR count). The maximum atomic E-state index is 12.7. The molecule has 2 N–H and O–H groups in total. The first-order valence-electron chi connectivity index (χ1n) is 7.05. The summed E-state index contributed by atoms with van der Waals surface area (Å²) < 4.78 is 64.3. The van der Waals surface area contributed by atoms with Gasteiger partial charge in [0.05, 0.1) is 10.5 Å². The first-order valence-corrected chi connectivity index (χ1v) is 8.49. The Kier molecular flexibility index (Phi) is 6.48. The van der Waals surface area contributed by atoms with Crippen molar-refractivity contribution in [1.29, 1.82) is 0 Å². The largest absolute Gasteiger partial charge is 0.416 e. The maximum Gasteiger partial charge on any atom is 0.416 e. The average Bonchev–Trinajstić information content (AvgIpc) is 2.46. The molecule has 1 aliphatic heterocycles. The number of alkyl halides is 3. The minimum Gasteiger partial charge on any atom is -0.328 e. The Hall–Kier alpha value is -0.830. The highest BCUT2D eigenvalue weighted by Crippen LogP contribution is 2.32. The highest BCUT2D eigenvalue weighted by atomic mass is 35.5. The first kappa shape index (κ1) is 20.2. The second-order valence-corrected chi connectivity index (χ2v) is 7.56. The van der Waals surface area contributed by atoms with Crippen molar-refractivity contribution in [2.45, 2.75) is 36.9 Å². The molecule has 0 radical (unpaired) electrons. The van der Waals surface area contributed by atoms with Crippen molar-refractivity contribution >= 4 is 22.4 Å². The minimum absolute atomic E-state index is 0. The van der Waals surface area contributed by atoms with E-state index in [1.807, 2.05) is 6.92 Å². The van der Waals surface area contributed by atoms with Gasteiger partial charge in [-0.25, -0.2) is 8.42 Å². The predicted molar refractivity (Wildman–Crippen MR) is 83.8 cm³/mol. The summed E-state index contributed by atoms with van der Waals surface area (Å²) in [7, 11) is -3.90. The molecule has 1 aromatic rings.